The minimum atomic E-state index is -0.494. The van der Waals surface area contributed by atoms with Gasteiger partial charge in [-0.2, -0.15) is 0 Å². The zero-order valence-corrected chi connectivity index (χ0v) is 12.2. The van der Waals surface area contributed by atoms with Crippen molar-refractivity contribution in [2.24, 2.45) is 0 Å². The molecule has 0 aliphatic carbocycles. The van der Waals surface area contributed by atoms with Crippen LogP contribution < -0.4 is 15.8 Å². The minimum Gasteiger partial charge on any atom is -0.495 e. The van der Waals surface area contributed by atoms with Gasteiger partial charge in [-0.15, -0.1) is 0 Å². The molecule has 0 bridgehead atoms. The van der Waals surface area contributed by atoms with Crippen LogP contribution in [0, 0.1) is 5.82 Å². The van der Waals surface area contributed by atoms with Crippen LogP contribution in [-0.2, 0) is 0 Å². The van der Waals surface area contributed by atoms with E-state index in [-0.39, 0.29) is 10.0 Å². The topological polar surface area (TPSA) is 64.3 Å². The summed E-state index contributed by atoms with van der Waals surface area (Å²) in [6, 6.07) is 9.13. The number of ether oxygens (including phenoxy) is 1. The number of nitrogen functional groups attached to an aromatic ring is 1. The highest BCUT2D eigenvalue weighted by molar-refractivity contribution is 9.10. The van der Waals surface area contributed by atoms with Crippen LogP contribution >= 0.6 is 15.9 Å². The summed E-state index contributed by atoms with van der Waals surface area (Å²) >= 11 is 3.05. The molecule has 0 aliphatic heterocycles. The van der Waals surface area contributed by atoms with Crippen molar-refractivity contribution >= 4 is 33.2 Å². The average molecular weight is 339 g/mol. The third-order valence-electron chi connectivity index (χ3n) is 2.68. The number of methoxy groups -OCH3 is 1. The average Bonchev–Trinajstić information content (AvgIpc) is 2.42. The van der Waals surface area contributed by atoms with Crippen LogP contribution in [0.25, 0.3) is 0 Å². The van der Waals surface area contributed by atoms with Gasteiger partial charge in [0.15, 0.2) is 0 Å². The van der Waals surface area contributed by atoms with Crippen LogP contribution in [0.5, 0.6) is 5.75 Å². The molecule has 0 aromatic heterocycles. The summed E-state index contributed by atoms with van der Waals surface area (Å²) in [5.74, 6) is -0.400. The van der Waals surface area contributed by atoms with Gasteiger partial charge in [0.1, 0.15) is 11.6 Å². The van der Waals surface area contributed by atoms with Crippen molar-refractivity contribution in [3.63, 3.8) is 0 Å². The Morgan fingerprint density at radius 3 is 2.75 bits per heavy atom. The number of halogens is 2. The van der Waals surface area contributed by atoms with E-state index in [1.54, 1.807) is 18.2 Å². The number of rotatable bonds is 3. The highest BCUT2D eigenvalue weighted by atomic mass is 79.9. The van der Waals surface area contributed by atoms with Crippen LogP contribution in [-0.4, -0.2) is 13.0 Å². The number of nitrogens with two attached hydrogens (primary N) is 1. The van der Waals surface area contributed by atoms with Gasteiger partial charge in [-0.25, -0.2) is 4.39 Å². The third kappa shape index (κ3) is 2.91. The van der Waals surface area contributed by atoms with Crippen LogP contribution in [0.4, 0.5) is 15.8 Å². The minimum absolute atomic E-state index is 0.124. The molecule has 0 heterocycles. The molecule has 2 rings (SSSR count). The second-order valence-corrected chi connectivity index (χ2v) is 4.81. The van der Waals surface area contributed by atoms with Gasteiger partial charge in [0, 0.05) is 5.69 Å². The number of carbonyl (C=O) groups excluding carboxylic acids is 1. The van der Waals surface area contributed by atoms with E-state index >= 15 is 0 Å². The Morgan fingerprint density at radius 2 is 2.10 bits per heavy atom. The van der Waals surface area contributed by atoms with Crippen LogP contribution in [0.2, 0.25) is 0 Å². The van der Waals surface area contributed by atoms with E-state index in [1.165, 1.54) is 25.3 Å². The van der Waals surface area contributed by atoms with E-state index in [0.717, 1.165) is 0 Å². The maximum absolute atomic E-state index is 13.4. The Labute approximate surface area is 123 Å². The number of nitrogens with one attached hydrogen (secondary N) is 1. The molecule has 1 amide bonds. The first-order chi connectivity index (χ1) is 9.52. The molecular formula is C14H12BrFN2O2. The summed E-state index contributed by atoms with van der Waals surface area (Å²) in [4.78, 5) is 12.1. The first-order valence-electron chi connectivity index (χ1n) is 5.72. The lowest BCUT2D eigenvalue weighted by molar-refractivity contribution is 0.102. The smallest absolute Gasteiger partial charge is 0.256 e. The Bertz CT molecular complexity index is 662. The Kier molecular flexibility index (Phi) is 4.24. The second-order valence-electron chi connectivity index (χ2n) is 4.01. The fourth-order valence-corrected chi connectivity index (χ4v) is 2.13. The van der Waals surface area contributed by atoms with Crippen LogP contribution in [0.3, 0.4) is 0 Å². The zero-order chi connectivity index (χ0) is 14.7. The Hall–Kier alpha value is -2.08. The number of carbonyl (C=O) groups is 1. The molecule has 20 heavy (non-hydrogen) atoms. The molecule has 3 N–H and O–H groups in total. The summed E-state index contributed by atoms with van der Waals surface area (Å²) in [6.07, 6.45) is 0. The highest BCUT2D eigenvalue weighted by Gasteiger charge is 2.13. The summed E-state index contributed by atoms with van der Waals surface area (Å²) in [6.45, 7) is 0. The van der Waals surface area contributed by atoms with Gasteiger partial charge in [0.05, 0.1) is 22.8 Å². The molecule has 2 aromatic rings. The van der Waals surface area contributed by atoms with Crippen molar-refractivity contribution in [3.05, 3.63) is 52.3 Å². The Morgan fingerprint density at radius 1 is 1.35 bits per heavy atom. The fourth-order valence-electron chi connectivity index (χ4n) is 1.69. The molecule has 0 atom stereocenters. The molecule has 104 valence electrons. The first kappa shape index (κ1) is 14.3. The lowest BCUT2D eigenvalue weighted by Crippen LogP contribution is -2.13. The summed E-state index contributed by atoms with van der Waals surface area (Å²) in [5.41, 5.74) is 6.87. The molecule has 2 aromatic carbocycles. The predicted octanol–water partition coefficient (Wildman–Crippen LogP) is 3.43. The molecular weight excluding hydrogens is 327 g/mol. The number of anilines is 2. The summed E-state index contributed by atoms with van der Waals surface area (Å²) < 4.78 is 18.5. The maximum atomic E-state index is 13.4. The first-order valence-corrected chi connectivity index (χ1v) is 6.51. The predicted molar refractivity (Wildman–Crippen MR) is 79.5 cm³/mol. The molecule has 0 fully saturated rings. The largest absolute Gasteiger partial charge is 0.495 e. The van der Waals surface area contributed by atoms with E-state index in [9.17, 15) is 9.18 Å². The standard InChI is InChI=1S/C14H12BrFN2O2/c1-20-12-6-5-8(7-11(12)17)18-14(19)9-3-2-4-10(16)13(9)15/h2-7H,17H2,1H3,(H,18,19). The molecule has 0 unspecified atom stereocenters. The van der Waals surface area contributed by atoms with Gasteiger partial charge in [-0.1, -0.05) is 6.07 Å². The number of hydrogen-bond acceptors (Lipinski definition) is 3. The van der Waals surface area contributed by atoms with Gasteiger partial charge in [-0.05, 0) is 46.3 Å². The quantitative estimate of drug-likeness (QED) is 0.842. The van der Waals surface area contributed by atoms with Crippen molar-refractivity contribution in [1.29, 1.82) is 0 Å². The maximum Gasteiger partial charge on any atom is 0.256 e. The van der Waals surface area contributed by atoms with Gasteiger partial charge >= 0.3 is 0 Å². The van der Waals surface area contributed by atoms with Crippen LogP contribution in [0.15, 0.2) is 40.9 Å². The van der Waals surface area contributed by atoms with Gasteiger partial charge in [-0.3, -0.25) is 4.79 Å². The number of hydrogen-bond donors (Lipinski definition) is 2. The normalized spacial score (nSPS) is 10.2. The van der Waals surface area contributed by atoms with E-state index in [1.807, 2.05) is 0 Å². The molecule has 0 radical (unpaired) electrons. The molecule has 0 saturated carbocycles. The van der Waals surface area contributed by atoms with Crippen molar-refractivity contribution in [3.8, 4) is 5.75 Å². The molecule has 0 spiro atoms. The molecule has 4 nitrogen and oxygen atoms in total. The van der Waals surface area contributed by atoms with E-state index < -0.39 is 11.7 Å². The molecule has 0 saturated heterocycles. The van der Waals surface area contributed by atoms with E-state index in [0.29, 0.717) is 17.1 Å². The summed E-state index contributed by atoms with van der Waals surface area (Å²) in [5, 5.41) is 2.65. The van der Waals surface area contributed by atoms with Crippen molar-refractivity contribution < 1.29 is 13.9 Å². The SMILES string of the molecule is COc1ccc(NC(=O)c2cccc(F)c2Br)cc1N. The van der Waals surface area contributed by atoms with Gasteiger partial charge in [0.25, 0.3) is 5.91 Å². The van der Waals surface area contributed by atoms with Gasteiger partial charge in [0.2, 0.25) is 0 Å². The molecule has 0 aliphatic rings. The van der Waals surface area contributed by atoms with Crippen molar-refractivity contribution in [2.75, 3.05) is 18.2 Å². The highest BCUT2D eigenvalue weighted by Crippen LogP contribution is 2.26. The monoisotopic (exact) mass is 338 g/mol. The lowest BCUT2D eigenvalue weighted by Gasteiger charge is -2.10. The van der Waals surface area contributed by atoms with Crippen LogP contribution in [0.1, 0.15) is 10.4 Å². The Balaban J connectivity index is 2.24. The van der Waals surface area contributed by atoms with Gasteiger partial charge < -0.3 is 15.8 Å². The number of amides is 1. The van der Waals surface area contributed by atoms with Crippen molar-refractivity contribution in [2.45, 2.75) is 0 Å². The van der Waals surface area contributed by atoms with E-state index in [4.69, 9.17) is 10.5 Å². The summed E-state index contributed by atoms with van der Waals surface area (Å²) in [7, 11) is 1.51. The lowest BCUT2D eigenvalue weighted by atomic mass is 10.2. The fraction of sp³-hybridized carbons (Fsp3) is 0.0714. The molecule has 6 heteroatoms. The zero-order valence-electron chi connectivity index (χ0n) is 10.6. The third-order valence-corrected chi connectivity index (χ3v) is 3.49. The van der Waals surface area contributed by atoms with Crippen molar-refractivity contribution in [1.82, 2.24) is 0 Å². The van der Waals surface area contributed by atoms with E-state index in [2.05, 4.69) is 21.2 Å². The second kappa shape index (κ2) is 5.92. The number of benzene rings is 2.